The smallest absolute Gasteiger partial charge is 0.293 e. The second-order valence-corrected chi connectivity index (χ2v) is 4.09. The Hall–Kier alpha value is -1.10. The summed E-state index contributed by atoms with van der Waals surface area (Å²) in [6.07, 6.45) is -0.0112. The standard InChI is InChI=1S/C10H8F3NS/c11-10(12,13)9-5-8(6-15-9)7-1-3-14-4-2-7/h1,4-6H,2-3H2. The summed E-state index contributed by atoms with van der Waals surface area (Å²) in [7, 11) is 0. The summed E-state index contributed by atoms with van der Waals surface area (Å²) >= 11 is 0.740. The van der Waals surface area contributed by atoms with E-state index >= 15 is 0 Å². The molecule has 15 heavy (non-hydrogen) atoms. The van der Waals surface area contributed by atoms with E-state index in [1.165, 1.54) is 6.07 Å². The molecule has 1 aliphatic heterocycles. The van der Waals surface area contributed by atoms with E-state index in [2.05, 4.69) is 4.99 Å². The van der Waals surface area contributed by atoms with Gasteiger partial charge in [0.15, 0.2) is 0 Å². The van der Waals surface area contributed by atoms with Crippen LogP contribution in [0.5, 0.6) is 0 Å². The first kappa shape index (κ1) is 10.4. The third-order valence-corrected chi connectivity index (χ3v) is 3.11. The number of rotatable bonds is 1. The van der Waals surface area contributed by atoms with Gasteiger partial charge in [-0.3, -0.25) is 4.99 Å². The Morgan fingerprint density at radius 2 is 2.13 bits per heavy atom. The molecule has 0 bridgehead atoms. The molecule has 0 atom stereocenters. The molecule has 0 unspecified atom stereocenters. The first-order valence-corrected chi connectivity index (χ1v) is 5.29. The molecule has 0 saturated heterocycles. The van der Waals surface area contributed by atoms with Crippen LogP contribution in [-0.4, -0.2) is 12.8 Å². The van der Waals surface area contributed by atoms with Crippen LogP contribution in [0.4, 0.5) is 13.2 Å². The van der Waals surface area contributed by atoms with Gasteiger partial charge in [-0.05, 0) is 22.6 Å². The number of hydrogen-bond acceptors (Lipinski definition) is 2. The number of alkyl halides is 3. The Balaban J connectivity index is 2.24. The van der Waals surface area contributed by atoms with Crippen LogP contribution in [0.2, 0.25) is 0 Å². The van der Waals surface area contributed by atoms with Gasteiger partial charge < -0.3 is 0 Å². The lowest BCUT2D eigenvalue weighted by Crippen LogP contribution is -2.01. The van der Waals surface area contributed by atoms with Crippen molar-refractivity contribution in [2.24, 2.45) is 4.99 Å². The van der Waals surface area contributed by atoms with Crippen LogP contribution in [0.25, 0.3) is 5.57 Å². The summed E-state index contributed by atoms with van der Waals surface area (Å²) in [5, 5.41) is 1.55. The molecule has 0 radical (unpaired) electrons. The quantitative estimate of drug-likeness (QED) is 0.700. The van der Waals surface area contributed by atoms with Crippen molar-refractivity contribution in [3.63, 3.8) is 0 Å². The summed E-state index contributed by atoms with van der Waals surface area (Å²) in [5.74, 6) is 0. The monoisotopic (exact) mass is 231 g/mol. The van der Waals surface area contributed by atoms with Crippen LogP contribution in [0, 0.1) is 0 Å². The van der Waals surface area contributed by atoms with Gasteiger partial charge in [-0.2, -0.15) is 13.2 Å². The van der Waals surface area contributed by atoms with Crippen molar-refractivity contribution in [3.8, 4) is 0 Å². The van der Waals surface area contributed by atoms with Crippen LogP contribution in [0.15, 0.2) is 22.5 Å². The van der Waals surface area contributed by atoms with Crippen molar-refractivity contribution >= 4 is 23.1 Å². The molecule has 1 nitrogen and oxygen atoms in total. The highest BCUT2D eigenvalue weighted by Gasteiger charge is 2.32. The van der Waals surface area contributed by atoms with Crippen LogP contribution < -0.4 is 0 Å². The molecule has 1 aromatic rings. The Morgan fingerprint density at radius 1 is 1.33 bits per heavy atom. The van der Waals surface area contributed by atoms with E-state index in [-0.39, 0.29) is 0 Å². The summed E-state index contributed by atoms with van der Waals surface area (Å²) in [6.45, 7) is 0.562. The second-order valence-electron chi connectivity index (χ2n) is 3.18. The minimum absolute atomic E-state index is 0.541. The van der Waals surface area contributed by atoms with Crippen molar-refractivity contribution in [2.45, 2.75) is 12.6 Å². The van der Waals surface area contributed by atoms with Crippen molar-refractivity contribution in [3.05, 3.63) is 28.0 Å². The predicted octanol–water partition coefficient (Wildman–Crippen LogP) is 3.62. The van der Waals surface area contributed by atoms with E-state index in [9.17, 15) is 13.2 Å². The molecular weight excluding hydrogens is 223 g/mol. The number of allylic oxidation sites excluding steroid dienone is 1. The first-order chi connectivity index (χ1) is 7.07. The van der Waals surface area contributed by atoms with Gasteiger partial charge in [0.2, 0.25) is 0 Å². The molecule has 80 valence electrons. The molecule has 1 aromatic heterocycles. The van der Waals surface area contributed by atoms with E-state index < -0.39 is 11.1 Å². The lowest BCUT2D eigenvalue weighted by Gasteiger charge is -2.05. The number of aliphatic imine (C=N–C) groups is 1. The van der Waals surface area contributed by atoms with E-state index in [0.29, 0.717) is 18.5 Å². The zero-order chi connectivity index (χ0) is 10.9. The lowest BCUT2D eigenvalue weighted by molar-refractivity contribution is -0.134. The number of nitrogens with zero attached hydrogens (tertiary/aromatic N) is 1. The van der Waals surface area contributed by atoms with Gasteiger partial charge in [-0.25, -0.2) is 0 Å². The molecular formula is C10H8F3NS. The summed E-state index contributed by atoms with van der Waals surface area (Å²) in [6, 6.07) is 1.20. The summed E-state index contributed by atoms with van der Waals surface area (Å²) in [5.41, 5.74) is 1.59. The normalized spacial score (nSPS) is 16.6. The third-order valence-electron chi connectivity index (χ3n) is 2.13. The minimum atomic E-state index is -4.23. The van der Waals surface area contributed by atoms with Gasteiger partial charge in [-0.15, -0.1) is 11.3 Å². The highest BCUT2D eigenvalue weighted by molar-refractivity contribution is 7.10. The van der Waals surface area contributed by atoms with E-state index in [4.69, 9.17) is 0 Å². The molecule has 0 fully saturated rings. The van der Waals surface area contributed by atoms with Crippen LogP contribution >= 0.6 is 11.3 Å². The molecule has 0 spiro atoms. The van der Waals surface area contributed by atoms with Crippen molar-refractivity contribution in [1.82, 2.24) is 0 Å². The van der Waals surface area contributed by atoms with E-state index in [1.54, 1.807) is 11.6 Å². The summed E-state index contributed by atoms with van der Waals surface area (Å²) < 4.78 is 37.0. The van der Waals surface area contributed by atoms with Crippen LogP contribution in [-0.2, 0) is 6.18 Å². The van der Waals surface area contributed by atoms with Gasteiger partial charge in [-0.1, -0.05) is 6.08 Å². The average molecular weight is 231 g/mol. The van der Waals surface area contributed by atoms with E-state index in [0.717, 1.165) is 16.9 Å². The SMILES string of the molecule is FC(F)(F)c1cc(C2=CCN=CC2)cs1. The lowest BCUT2D eigenvalue weighted by atomic mass is 10.0. The fourth-order valence-electron chi connectivity index (χ4n) is 1.37. The zero-order valence-electron chi connectivity index (χ0n) is 7.71. The van der Waals surface area contributed by atoms with Gasteiger partial charge >= 0.3 is 6.18 Å². The molecule has 2 heterocycles. The number of halogens is 3. The Morgan fingerprint density at radius 3 is 2.67 bits per heavy atom. The second kappa shape index (κ2) is 3.81. The zero-order valence-corrected chi connectivity index (χ0v) is 8.53. The highest BCUT2D eigenvalue weighted by atomic mass is 32.1. The predicted molar refractivity (Wildman–Crippen MR) is 55.3 cm³/mol. The molecule has 0 amide bonds. The summed E-state index contributed by atoms with van der Waals surface area (Å²) in [4.78, 5) is 3.45. The minimum Gasteiger partial charge on any atom is -0.293 e. The molecule has 0 N–H and O–H groups in total. The van der Waals surface area contributed by atoms with Gasteiger partial charge in [0, 0.05) is 12.6 Å². The highest BCUT2D eigenvalue weighted by Crippen LogP contribution is 2.36. The van der Waals surface area contributed by atoms with Crippen molar-refractivity contribution in [1.29, 1.82) is 0 Å². The molecule has 0 saturated carbocycles. The topological polar surface area (TPSA) is 12.4 Å². The maximum Gasteiger partial charge on any atom is 0.425 e. The van der Waals surface area contributed by atoms with Gasteiger partial charge in [0.05, 0.1) is 6.54 Å². The fourth-order valence-corrected chi connectivity index (χ4v) is 2.17. The first-order valence-electron chi connectivity index (χ1n) is 4.41. The average Bonchev–Trinajstić information content (AvgIpc) is 2.67. The van der Waals surface area contributed by atoms with Gasteiger partial charge in [0.1, 0.15) is 4.88 Å². The Kier molecular flexibility index (Phi) is 2.65. The van der Waals surface area contributed by atoms with Crippen molar-refractivity contribution < 1.29 is 13.2 Å². The molecule has 0 aliphatic carbocycles. The molecule has 5 heteroatoms. The molecule has 1 aliphatic rings. The van der Waals surface area contributed by atoms with E-state index in [1.807, 2.05) is 6.08 Å². The number of dihydropyridines is 1. The maximum absolute atomic E-state index is 12.3. The molecule has 2 rings (SSSR count). The number of thiophene rings is 1. The van der Waals surface area contributed by atoms with Crippen LogP contribution in [0.1, 0.15) is 16.9 Å². The van der Waals surface area contributed by atoms with Gasteiger partial charge in [0.25, 0.3) is 0 Å². The van der Waals surface area contributed by atoms with Crippen LogP contribution in [0.3, 0.4) is 0 Å². The van der Waals surface area contributed by atoms with Crippen molar-refractivity contribution in [2.75, 3.05) is 6.54 Å². The number of hydrogen-bond donors (Lipinski definition) is 0. The largest absolute Gasteiger partial charge is 0.425 e. The fraction of sp³-hybridized carbons (Fsp3) is 0.300. The Labute approximate surface area is 89.0 Å². The third kappa shape index (κ3) is 2.28. The maximum atomic E-state index is 12.3. The Bertz CT molecular complexity index is 415. The molecule has 0 aromatic carbocycles.